The lowest BCUT2D eigenvalue weighted by Gasteiger charge is -2.34. The van der Waals surface area contributed by atoms with E-state index in [-0.39, 0.29) is 40.9 Å². The van der Waals surface area contributed by atoms with Gasteiger partial charge in [-0.05, 0) is 41.8 Å². The maximum Gasteiger partial charge on any atom is 0.260 e. The molecule has 0 spiro atoms. The molecule has 1 amide bonds. The summed E-state index contributed by atoms with van der Waals surface area (Å²) < 4.78 is 43.7. The number of amides is 1. The highest BCUT2D eigenvalue weighted by Crippen LogP contribution is 2.33. The van der Waals surface area contributed by atoms with E-state index >= 15 is 0 Å². The van der Waals surface area contributed by atoms with E-state index in [1.54, 1.807) is 4.90 Å². The molecule has 35 heavy (non-hydrogen) atoms. The number of carbonyl (C=O) groups is 1. The minimum atomic E-state index is -3.66. The number of hydrogen-bond donors (Lipinski definition) is 1. The zero-order chi connectivity index (χ0) is 25.0. The molecule has 2 heterocycles. The highest BCUT2D eigenvalue weighted by molar-refractivity contribution is 7.89. The van der Waals surface area contributed by atoms with Crippen molar-refractivity contribution in [2.75, 3.05) is 46.1 Å². The Morgan fingerprint density at radius 1 is 1.09 bits per heavy atom. The monoisotopic (exact) mass is 523 g/mol. The van der Waals surface area contributed by atoms with Gasteiger partial charge in [-0.1, -0.05) is 31.5 Å². The first-order chi connectivity index (χ1) is 16.7. The number of fused-ring (bicyclic) bond motifs is 1. The van der Waals surface area contributed by atoms with E-state index in [4.69, 9.17) is 25.8 Å². The molecule has 0 radical (unpaired) electrons. The fourth-order valence-corrected chi connectivity index (χ4v) is 5.35. The molecule has 0 saturated carbocycles. The van der Waals surface area contributed by atoms with E-state index in [2.05, 4.69) is 9.62 Å². The third kappa shape index (κ3) is 6.58. The van der Waals surface area contributed by atoms with Crippen LogP contribution in [0.2, 0.25) is 5.02 Å². The predicted octanol–water partition coefficient (Wildman–Crippen LogP) is 2.73. The number of carbonyl (C=O) groups excluding carboxylic acids is 1. The molecule has 2 aromatic carbocycles. The number of sulfonamides is 1. The second kappa shape index (κ2) is 11.0. The summed E-state index contributed by atoms with van der Waals surface area (Å²) in [7, 11) is -3.66. The molecular weight excluding hydrogens is 494 g/mol. The molecule has 2 aromatic rings. The summed E-state index contributed by atoms with van der Waals surface area (Å²) in [5.74, 6) is 1.84. The Hall–Kier alpha value is -2.53. The molecule has 0 unspecified atom stereocenters. The zero-order valence-corrected chi connectivity index (χ0v) is 21.4. The lowest BCUT2D eigenvalue weighted by atomic mass is 10.1. The number of halogens is 1. The quantitative estimate of drug-likeness (QED) is 0.539. The molecule has 11 heteroatoms. The topological polar surface area (TPSA) is 97.4 Å². The first kappa shape index (κ1) is 25.6. The second-order valence-corrected chi connectivity index (χ2v) is 11.1. The Morgan fingerprint density at radius 2 is 1.83 bits per heavy atom. The summed E-state index contributed by atoms with van der Waals surface area (Å²) in [6, 6.07) is 10.2. The average Bonchev–Trinajstić information content (AvgIpc) is 3.30. The van der Waals surface area contributed by atoms with Crippen molar-refractivity contribution in [2.45, 2.75) is 25.3 Å². The van der Waals surface area contributed by atoms with Gasteiger partial charge in [0.25, 0.3) is 5.91 Å². The van der Waals surface area contributed by atoms with Crippen LogP contribution >= 0.6 is 11.6 Å². The summed E-state index contributed by atoms with van der Waals surface area (Å²) in [6.45, 7) is 7.71. The SMILES string of the molecule is CC(C)CNS(=O)(=O)c1ccc(OCC(=O)N2CCN(Cc3ccc4c(c3)OCO4)CC2)c(Cl)c1. The molecule has 1 N–H and O–H groups in total. The van der Waals surface area contributed by atoms with Crippen LogP contribution in [0.5, 0.6) is 17.2 Å². The molecule has 2 aliphatic heterocycles. The molecule has 1 saturated heterocycles. The maximum atomic E-state index is 12.7. The van der Waals surface area contributed by atoms with Gasteiger partial charge in [-0.25, -0.2) is 13.1 Å². The van der Waals surface area contributed by atoms with E-state index in [9.17, 15) is 13.2 Å². The maximum absolute atomic E-state index is 12.7. The minimum Gasteiger partial charge on any atom is -0.482 e. The minimum absolute atomic E-state index is 0.0559. The van der Waals surface area contributed by atoms with Crippen molar-refractivity contribution < 1.29 is 27.4 Å². The first-order valence-corrected chi connectivity index (χ1v) is 13.4. The fourth-order valence-electron chi connectivity index (χ4n) is 3.81. The highest BCUT2D eigenvalue weighted by Gasteiger charge is 2.23. The van der Waals surface area contributed by atoms with Gasteiger partial charge in [0.2, 0.25) is 16.8 Å². The fraction of sp³-hybridized carbons (Fsp3) is 0.458. The summed E-state index contributed by atoms with van der Waals surface area (Å²) in [5, 5.41) is 0.138. The van der Waals surface area contributed by atoms with Crippen LogP contribution in [-0.2, 0) is 21.4 Å². The lowest BCUT2D eigenvalue weighted by Crippen LogP contribution is -2.49. The third-order valence-corrected chi connectivity index (χ3v) is 7.53. The zero-order valence-electron chi connectivity index (χ0n) is 19.8. The number of ether oxygens (including phenoxy) is 3. The van der Waals surface area contributed by atoms with Gasteiger partial charge >= 0.3 is 0 Å². The Kier molecular flexibility index (Phi) is 8.05. The molecular formula is C24H30ClN3O6S. The van der Waals surface area contributed by atoms with E-state index in [1.807, 2.05) is 32.0 Å². The van der Waals surface area contributed by atoms with Crippen molar-refractivity contribution in [2.24, 2.45) is 5.92 Å². The first-order valence-electron chi connectivity index (χ1n) is 11.5. The number of nitrogens with zero attached hydrogens (tertiary/aromatic N) is 2. The normalized spacial score (nSPS) is 16.1. The third-order valence-electron chi connectivity index (χ3n) is 5.81. The van der Waals surface area contributed by atoms with Crippen LogP contribution < -0.4 is 18.9 Å². The molecule has 190 valence electrons. The summed E-state index contributed by atoms with van der Waals surface area (Å²) >= 11 is 6.23. The van der Waals surface area contributed by atoms with Gasteiger partial charge in [0.1, 0.15) is 5.75 Å². The Balaban J connectivity index is 1.25. The van der Waals surface area contributed by atoms with E-state index in [1.165, 1.54) is 18.2 Å². The van der Waals surface area contributed by atoms with Crippen LogP contribution in [0, 0.1) is 5.92 Å². The van der Waals surface area contributed by atoms with E-state index in [0.717, 1.165) is 36.7 Å². The number of rotatable bonds is 9. The van der Waals surface area contributed by atoms with Crippen LogP contribution in [0.25, 0.3) is 0 Å². The van der Waals surface area contributed by atoms with Gasteiger partial charge in [0.05, 0.1) is 9.92 Å². The summed E-state index contributed by atoms with van der Waals surface area (Å²) in [4.78, 5) is 16.8. The summed E-state index contributed by atoms with van der Waals surface area (Å²) in [6.07, 6.45) is 0. The smallest absolute Gasteiger partial charge is 0.260 e. The van der Waals surface area contributed by atoms with Crippen LogP contribution in [0.1, 0.15) is 19.4 Å². The van der Waals surface area contributed by atoms with Gasteiger partial charge < -0.3 is 19.1 Å². The molecule has 0 atom stereocenters. The van der Waals surface area contributed by atoms with Gasteiger partial charge in [-0.2, -0.15) is 0 Å². The molecule has 2 aliphatic rings. The van der Waals surface area contributed by atoms with Crippen molar-refractivity contribution in [1.29, 1.82) is 0 Å². The molecule has 0 bridgehead atoms. The lowest BCUT2D eigenvalue weighted by molar-refractivity contribution is -0.135. The number of hydrogen-bond acceptors (Lipinski definition) is 7. The van der Waals surface area contributed by atoms with Crippen molar-refractivity contribution >= 4 is 27.5 Å². The largest absolute Gasteiger partial charge is 0.482 e. The second-order valence-electron chi connectivity index (χ2n) is 8.97. The Morgan fingerprint density at radius 3 is 2.54 bits per heavy atom. The van der Waals surface area contributed by atoms with Crippen LogP contribution in [0.3, 0.4) is 0 Å². The standard InChI is InChI=1S/C24H30ClN3O6S/c1-17(2)13-26-35(30,31)19-4-6-21(20(25)12-19)32-15-24(29)28-9-7-27(8-10-28)14-18-3-5-22-23(11-18)34-16-33-22/h3-6,11-12,17,26H,7-10,13-16H2,1-2H3. The van der Waals surface area contributed by atoms with Gasteiger partial charge in [0.15, 0.2) is 18.1 Å². The number of benzene rings is 2. The van der Waals surface area contributed by atoms with Gasteiger partial charge in [0, 0.05) is 39.3 Å². The van der Waals surface area contributed by atoms with Gasteiger partial charge in [-0.3, -0.25) is 9.69 Å². The van der Waals surface area contributed by atoms with Crippen LogP contribution in [0.15, 0.2) is 41.3 Å². The predicted molar refractivity (Wildman–Crippen MR) is 131 cm³/mol. The molecule has 0 aromatic heterocycles. The number of piperazine rings is 1. The summed E-state index contributed by atoms with van der Waals surface area (Å²) in [5.41, 5.74) is 1.14. The van der Waals surface area contributed by atoms with Crippen molar-refractivity contribution in [3.63, 3.8) is 0 Å². The van der Waals surface area contributed by atoms with Crippen molar-refractivity contribution in [3.05, 3.63) is 47.0 Å². The Labute approximate surface area is 210 Å². The van der Waals surface area contributed by atoms with Crippen LogP contribution in [-0.4, -0.2) is 70.2 Å². The molecule has 1 fully saturated rings. The van der Waals surface area contributed by atoms with Crippen molar-refractivity contribution in [3.8, 4) is 17.2 Å². The molecule has 4 rings (SSSR count). The van der Waals surface area contributed by atoms with E-state index in [0.29, 0.717) is 19.6 Å². The number of nitrogens with one attached hydrogen (secondary N) is 1. The average molecular weight is 524 g/mol. The van der Waals surface area contributed by atoms with E-state index < -0.39 is 10.0 Å². The highest BCUT2D eigenvalue weighted by atomic mass is 35.5. The van der Waals surface area contributed by atoms with Crippen LogP contribution in [0.4, 0.5) is 0 Å². The van der Waals surface area contributed by atoms with Gasteiger partial charge in [-0.15, -0.1) is 0 Å². The molecule has 0 aliphatic carbocycles. The van der Waals surface area contributed by atoms with Crippen molar-refractivity contribution in [1.82, 2.24) is 14.5 Å². The Bertz CT molecular complexity index is 1170. The molecule has 9 nitrogen and oxygen atoms in total.